The summed E-state index contributed by atoms with van der Waals surface area (Å²) in [6.45, 7) is 4.15. The number of likely N-dealkylation sites (N-methyl/N-ethyl adjacent to an activating group) is 1. The number of hydrogen-bond acceptors (Lipinski definition) is 8. The van der Waals surface area contributed by atoms with Crippen molar-refractivity contribution in [2.24, 2.45) is 0 Å². The van der Waals surface area contributed by atoms with Crippen LogP contribution in [0.15, 0.2) is 97.2 Å². The molecule has 0 aromatic heterocycles. The molecule has 10 heteroatoms. The zero-order valence-electron chi connectivity index (χ0n) is 63.8. The van der Waals surface area contributed by atoms with E-state index in [0.29, 0.717) is 17.4 Å². The maximum atomic E-state index is 12.9. The molecule has 9 nitrogen and oxygen atoms in total. The highest BCUT2D eigenvalue weighted by Crippen LogP contribution is 2.38. The lowest BCUT2D eigenvalue weighted by Gasteiger charge is -2.28. The minimum atomic E-state index is -4.66. The summed E-state index contributed by atoms with van der Waals surface area (Å²) in [4.78, 5) is 38.2. The van der Waals surface area contributed by atoms with Crippen molar-refractivity contribution in [2.45, 2.75) is 392 Å². The number of phosphoric ester groups is 1. The van der Waals surface area contributed by atoms with Crippen LogP contribution >= 0.6 is 7.82 Å². The van der Waals surface area contributed by atoms with Gasteiger partial charge >= 0.3 is 11.9 Å². The monoisotopic (exact) mass is 1360 g/mol. The second kappa shape index (κ2) is 76.1. The highest BCUT2D eigenvalue weighted by atomic mass is 31.2. The normalized spacial score (nSPS) is 13.5. The fourth-order valence-electron chi connectivity index (χ4n) is 11.9. The number of phosphoric acid groups is 1. The van der Waals surface area contributed by atoms with Gasteiger partial charge in [0.25, 0.3) is 7.82 Å². The molecule has 2 unspecified atom stereocenters. The standard InChI is InChI=1S/C86H156NO8P/c1-6-8-10-12-14-16-18-20-22-24-26-28-30-32-34-36-38-39-40-41-42-43-44-45-46-47-49-50-52-54-56-58-60-62-64-66-68-70-72-74-76-78-85(88)92-82-84(83-94-96(90,91)93-81-80-87(3,4)5)95-86(89)79-77-75-73-71-69-67-65-63-61-59-57-55-53-51-48-37-35-33-31-29-27-25-23-21-19-17-15-13-11-9-7-2/h9,11,15,17,21,23,27,29,33,35,48,51,55,57,61,63,84H,6-8,10,12-14,16,18-20,22,24-26,28,30-32,34,36-47,49-50,52-54,56,58-60,62,64-83H2,1-5H3/b11-9-,17-15-,23-21-,29-27-,35-33-,51-48-,57-55-,63-61-. The molecule has 0 aliphatic carbocycles. The van der Waals surface area contributed by atoms with Gasteiger partial charge in [0.2, 0.25) is 0 Å². The molecule has 0 N–H and O–H groups in total. The molecule has 558 valence electrons. The van der Waals surface area contributed by atoms with Crippen LogP contribution in [0.3, 0.4) is 0 Å². The van der Waals surface area contributed by atoms with E-state index in [0.717, 1.165) is 109 Å². The highest BCUT2D eigenvalue weighted by Gasteiger charge is 2.22. The highest BCUT2D eigenvalue weighted by molar-refractivity contribution is 7.45. The van der Waals surface area contributed by atoms with Gasteiger partial charge in [-0.3, -0.25) is 14.2 Å². The molecule has 0 heterocycles. The van der Waals surface area contributed by atoms with Crippen molar-refractivity contribution in [1.29, 1.82) is 0 Å². The molecule has 0 rings (SSSR count). The fraction of sp³-hybridized carbons (Fsp3) is 0.791. The van der Waals surface area contributed by atoms with Crippen LogP contribution in [0.2, 0.25) is 0 Å². The van der Waals surface area contributed by atoms with Crippen LogP contribution in [-0.2, 0) is 32.7 Å². The summed E-state index contributed by atoms with van der Waals surface area (Å²) >= 11 is 0. The molecular weight excluding hydrogens is 1210 g/mol. The van der Waals surface area contributed by atoms with E-state index in [2.05, 4.69) is 111 Å². The molecule has 0 saturated heterocycles. The Morgan fingerprint density at radius 1 is 0.333 bits per heavy atom. The Balaban J connectivity index is 3.94. The van der Waals surface area contributed by atoms with Crippen molar-refractivity contribution < 1.29 is 42.1 Å². The number of nitrogens with zero attached hydrogens (tertiary/aromatic N) is 1. The number of allylic oxidation sites excluding steroid dienone is 16. The minimum absolute atomic E-state index is 0.0370. The number of esters is 2. The molecule has 0 bridgehead atoms. The molecule has 0 aliphatic rings. The number of quaternary nitrogens is 1. The maximum Gasteiger partial charge on any atom is 0.306 e. The Morgan fingerprint density at radius 2 is 0.594 bits per heavy atom. The molecular formula is C86H156NO8P. The lowest BCUT2D eigenvalue weighted by atomic mass is 10.0. The van der Waals surface area contributed by atoms with Gasteiger partial charge in [0.1, 0.15) is 19.8 Å². The summed E-state index contributed by atoms with van der Waals surface area (Å²) in [7, 11) is 1.16. The third-order valence-corrected chi connectivity index (χ3v) is 19.1. The van der Waals surface area contributed by atoms with Gasteiger partial charge in [-0.1, -0.05) is 394 Å². The van der Waals surface area contributed by atoms with Gasteiger partial charge in [-0.15, -0.1) is 0 Å². The SMILES string of the molecule is CC/C=C\C/C=C\C/C=C\C/C=C\C/C=C\C/C=C\C/C=C\C/C=C\CCCCCCCCC(=O)OC(COC(=O)CCCCCCCCCCCCCCCCCCCCCCCCCCCCCCCCCCCCCCCCCCC)COP(=O)([O-])OCC[N+](C)(C)C. The first-order valence-corrected chi connectivity index (χ1v) is 42.4. The molecule has 0 amide bonds. The quantitative estimate of drug-likeness (QED) is 0.0195. The van der Waals surface area contributed by atoms with Gasteiger partial charge in [-0.2, -0.15) is 0 Å². The van der Waals surface area contributed by atoms with E-state index in [4.69, 9.17) is 18.5 Å². The van der Waals surface area contributed by atoms with Gasteiger partial charge in [0.15, 0.2) is 6.10 Å². The Kier molecular flexibility index (Phi) is 73.7. The lowest BCUT2D eigenvalue weighted by molar-refractivity contribution is -0.870. The van der Waals surface area contributed by atoms with E-state index in [1.807, 2.05) is 21.1 Å². The summed E-state index contributed by atoms with van der Waals surface area (Å²) in [6.07, 6.45) is 107. The molecule has 0 aliphatic heterocycles. The third-order valence-electron chi connectivity index (χ3n) is 18.1. The first kappa shape index (κ1) is 92.9. The van der Waals surface area contributed by atoms with E-state index in [-0.39, 0.29) is 32.0 Å². The van der Waals surface area contributed by atoms with Crippen LogP contribution in [0.25, 0.3) is 0 Å². The van der Waals surface area contributed by atoms with Crippen molar-refractivity contribution in [3.63, 3.8) is 0 Å². The largest absolute Gasteiger partial charge is 0.756 e. The van der Waals surface area contributed by atoms with E-state index in [1.165, 1.54) is 244 Å². The Bertz CT molecular complexity index is 1940. The molecule has 0 spiro atoms. The predicted octanol–water partition coefficient (Wildman–Crippen LogP) is 26.8. The van der Waals surface area contributed by atoms with Gasteiger partial charge in [-0.05, 0) is 77.0 Å². The fourth-order valence-corrected chi connectivity index (χ4v) is 12.6. The van der Waals surface area contributed by atoms with Crippen LogP contribution in [0.5, 0.6) is 0 Å². The van der Waals surface area contributed by atoms with Crippen LogP contribution in [-0.4, -0.2) is 70.0 Å². The van der Waals surface area contributed by atoms with E-state index in [1.54, 1.807) is 0 Å². The first-order chi connectivity index (χ1) is 47.0. The molecule has 96 heavy (non-hydrogen) atoms. The predicted molar refractivity (Wildman–Crippen MR) is 416 cm³/mol. The minimum Gasteiger partial charge on any atom is -0.756 e. The number of rotatable bonds is 76. The summed E-state index contributed by atoms with van der Waals surface area (Å²) in [5.74, 6) is -0.840. The van der Waals surface area contributed by atoms with Gasteiger partial charge in [-0.25, -0.2) is 0 Å². The van der Waals surface area contributed by atoms with E-state index >= 15 is 0 Å². The number of unbranched alkanes of at least 4 members (excludes halogenated alkanes) is 46. The van der Waals surface area contributed by atoms with E-state index in [9.17, 15) is 19.0 Å². The number of ether oxygens (including phenoxy) is 2. The summed E-state index contributed by atoms with van der Waals surface area (Å²) in [5, 5.41) is 0. The summed E-state index contributed by atoms with van der Waals surface area (Å²) in [6, 6.07) is 0. The number of carbonyl (C=O) groups is 2. The Morgan fingerprint density at radius 3 is 0.885 bits per heavy atom. The lowest BCUT2D eigenvalue weighted by Crippen LogP contribution is -2.37. The first-order valence-electron chi connectivity index (χ1n) is 40.9. The average molecular weight is 1360 g/mol. The van der Waals surface area contributed by atoms with Crippen molar-refractivity contribution in [3.8, 4) is 0 Å². The van der Waals surface area contributed by atoms with Crippen molar-refractivity contribution in [2.75, 3.05) is 47.5 Å². The molecule has 0 aromatic carbocycles. The molecule has 0 aromatic rings. The van der Waals surface area contributed by atoms with Crippen LogP contribution in [0.4, 0.5) is 0 Å². The average Bonchev–Trinajstić information content (AvgIpc) is 1.97. The van der Waals surface area contributed by atoms with Crippen molar-refractivity contribution in [3.05, 3.63) is 97.2 Å². The molecule has 0 radical (unpaired) electrons. The number of carbonyl (C=O) groups excluding carboxylic acids is 2. The van der Waals surface area contributed by atoms with Gasteiger partial charge < -0.3 is 27.9 Å². The Labute approximate surface area is 595 Å². The van der Waals surface area contributed by atoms with E-state index < -0.39 is 26.5 Å². The molecule has 0 fully saturated rings. The van der Waals surface area contributed by atoms with Crippen molar-refractivity contribution >= 4 is 19.8 Å². The zero-order chi connectivity index (χ0) is 69.7. The van der Waals surface area contributed by atoms with Gasteiger partial charge in [0.05, 0.1) is 27.7 Å². The molecule has 2 atom stereocenters. The second-order valence-electron chi connectivity index (χ2n) is 28.8. The Hall–Kier alpha value is -3.07. The van der Waals surface area contributed by atoms with Crippen molar-refractivity contribution in [1.82, 2.24) is 0 Å². The van der Waals surface area contributed by atoms with Crippen LogP contribution < -0.4 is 4.89 Å². The second-order valence-corrected chi connectivity index (χ2v) is 30.2. The summed E-state index contributed by atoms with van der Waals surface area (Å²) in [5.41, 5.74) is 0. The summed E-state index contributed by atoms with van der Waals surface area (Å²) < 4.78 is 34.4. The van der Waals surface area contributed by atoms with Gasteiger partial charge in [0, 0.05) is 12.8 Å². The van der Waals surface area contributed by atoms with Crippen LogP contribution in [0, 0.1) is 0 Å². The smallest absolute Gasteiger partial charge is 0.306 e. The molecule has 0 saturated carbocycles. The van der Waals surface area contributed by atoms with Crippen LogP contribution in [0.1, 0.15) is 386 Å². The number of hydrogen-bond donors (Lipinski definition) is 0. The third kappa shape index (κ3) is 79.9. The maximum absolute atomic E-state index is 12.9. The topological polar surface area (TPSA) is 111 Å². The zero-order valence-corrected chi connectivity index (χ0v) is 64.7.